The number of nitrogens with one attached hydrogen (secondary N) is 1. The highest BCUT2D eigenvalue weighted by Gasteiger charge is 2.06. The molecule has 25 heavy (non-hydrogen) atoms. The molecule has 2 rings (SSSR count). The SMILES string of the molecule is Cc1ccc(OCCNC(=O)CSCc2ccc(Cl)cc2F)c(C)c1. The Bertz CT molecular complexity index is 739. The van der Waals surface area contributed by atoms with Crippen molar-refractivity contribution in [3.8, 4) is 5.75 Å². The summed E-state index contributed by atoms with van der Waals surface area (Å²) in [7, 11) is 0. The Labute approximate surface area is 156 Å². The first-order chi connectivity index (χ1) is 12.0. The second kappa shape index (κ2) is 9.68. The van der Waals surface area contributed by atoms with Gasteiger partial charge >= 0.3 is 0 Å². The second-order valence-electron chi connectivity index (χ2n) is 5.70. The molecule has 0 aliphatic heterocycles. The number of hydrogen-bond acceptors (Lipinski definition) is 3. The van der Waals surface area contributed by atoms with Gasteiger partial charge in [-0.2, -0.15) is 0 Å². The zero-order valence-corrected chi connectivity index (χ0v) is 15.8. The molecule has 0 heterocycles. The number of aryl methyl sites for hydroxylation is 2. The normalized spacial score (nSPS) is 10.6. The van der Waals surface area contributed by atoms with Crippen LogP contribution in [0, 0.1) is 19.7 Å². The number of benzene rings is 2. The fourth-order valence-electron chi connectivity index (χ4n) is 2.26. The van der Waals surface area contributed by atoms with Gasteiger partial charge in [-0.05, 0) is 43.2 Å². The molecule has 2 aromatic rings. The molecule has 1 amide bonds. The van der Waals surface area contributed by atoms with Crippen LogP contribution in [0.3, 0.4) is 0 Å². The van der Waals surface area contributed by atoms with Crippen LogP contribution in [0.5, 0.6) is 5.75 Å². The number of amides is 1. The van der Waals surface area contributed by atoms with E-state index in [1.807, 2.05) is 26.0 Å². The minimum Gasteiger partial charge on any atom is -0.491 e. The number of carbonyl (C=O) groups excluding carboxylic acids is 1. The average molecular weight is 382 g/mol. The third-order valence-electron chi connectivity index (χ3n) is 3.52. The van der Waals surface area contributed by atoms with Gasteiger partial charge in [0.25, 0.3) is 0 Å². The van der Waals surface area contributed by atoms with Crippen LogP contribution in [-0.4, -0.2) is 24.8 Å². The molecule has 0 radical (unpaired) electrons. The molecule has 0 saturated heterocycles. The van der Waals surface area contributed by atoms with Crippen molar-refractivity contribution in [3.63, 3.8) is 0 Å². The van der Waals surface area contributed by atoms with Crippen LogP contribution in [0.1, 0.15) is 16.7 Å². The van der Waals surface area contributed by atoms with Gasteiger partial charge < -0.3 is 10.1 Å². The number of thioether (sulfide) groups is 1. The molecule has 0 bridgehead atoms. The van der Waals surface area contributed by atoms with Crippen molar-refractivity contribution in [1.29, 1.82) is 0 Å². The second-order valence-corrected chi connectivity index (χ2v) is 7.12. The lowest BCUT2D eigenvalue weighted by Crippen LogP contribution is -2.29. The maximum absolute atomic E-state index is 13.6. The summed E-state index contributed by atoms with van der Waals surface area (Å²) in [4.78, 5) is 11.8. The Morgan fingerprint density at radius 2 is 2.04 bits per heavy atom. The molecule has 1 N–H and O–H groups in total. The molecule has 0 spiro atoms. The Morgan fingerprint density at radius 3 is 2.76 bits per heavy atom. The van der Waals surface area contributed by atoms with E-state index in [-0.39, 0.29) is 17.5 Å². The number of rotatable bonds is 8. The Morgan fingerprint density at radius 1 is 1.24 bits per heavy atom. The van der Waals surface area contributed by atoms with Crippen molar-refractivity contribution in [1.82, 2.24) is 5.32 Å². The Hall–Kier alpha value is -1.72. The molecule has 0 fully saturated rings. The summed E-state index contributed by atoms with van der Waals surface area (Å²) in [6.45, 7) is 4.87. The molecule has 6 heteroatoms. The standard InChI is InChI=1S/C19H21ClFNO2S/c1-13-3-6-18(14(2)9-13)24-8-7-22-19(23)12-25-11-15-4-5-16(20)10-17(15)21/h3-6,9-10H,7-8,11-12H2,1-2H3,(H,22,23). The van der Waals surface area contributed by atoms with Crippen molar-refractivity contribution in [2.75, 3.05) is 18.9 Å². The van der Waals surface area contributed by atoms with Crippen molar-refractivity contribution in [2.45, 2.75) is 19.6 Å². The predicted octanol–water partition coefficient (Wildman–Crippen LogP) is 4.52. The monoisotopic (exact) mass is 381 g/mol. The first-order valence-electron chi connectivity index (χ1n) is 7.94. The van der Waals surface area contributed by atoms with Gasteiger partial charge in [0.05, 0.1) is 12.3 Å². The van der Waals surface area contributed by atoms with Gasteiger partial charge in [-0.3, -0.25) is 4.79 Å². The summed E-state index contributed by atoms with van der Waals surface area (Å²) in [5.41, 5.74) is 2.81. The molecule has 0 aromatic heterocycles. The molecular formula is C19H21ClFNO2S. The Kier molecular flexibility index (Phi) is 7.59. The Balaban J connectivity index is 1.64. The van der Waals surface area contributed by atoms with E-state index in [1.165, 1.54) is 23.4 Å². The first kappa shape index (κ1) is 19.6. The lowest BCUT2D eigenvalue weighted by atomic mass is 10.1. The largest absolute Gasteiger partial charge is 0.491 e. The molecule has 0 atom stereocenters. The summed E-state index contributed by atoms with van der Waals surface area (Å²) >= 11 is 7.07. The molecular weight excluding hydrogens is 361 g/mol. The number of halogens is 2. The summed E-state index contributed by atoms with van der Waals surface area (Å²) in [5.74, 6) is 1.08. The summed E-state index contributed by atoms with van der Waals surface area (Å²) < 4.78 is 19.3. The maximum atomic E-state index is 13.6. The maximum Gasteiger partial charge on any atom is 0.230 e. The van der Waals surface area contributed by atoms with Gasteiger partial charge in [-0.1, -0.05) is 35.4 Å². The lowest BCUT2D eigenvalue weighted by molar-refractivity contribution is -0.118. The molecule has 0 aliphatic carbocycles. The third kappa shape index (κ3) is 6.59. The highest BCUT2D eigenvalue weighted by atomic mass is 35.5. The van der Waals surface area contributed by atoms with Crippen molar-refractivity contribution in [3.05, 3.63) is 63.9 Å². The number of hydrogen-bond donors (Lipinski definition) is 1. The van der Waals surface area contributed by atoms with E-state index < -0.39 is 0 Å². The van der Waals surface area contributed by atoms with Gasteiger partial charge in [0.15, 0.2) is 0 Å². The summed E-state index contributed by atoms with van der Waals surface area (Å²) in [6, 6.07) is 10.5. The molecule has 0 saturated carbocycles. The minimum absolute atomic E-state index is 0.0939. The van der Waals surface area contributed by atoms with Crippen LogP contribution in [0.25, 0.3) is 0 Å². The van der Waals surface area contributed by atoms with Gasteiger partial charge in [0.2, 0.25) is 5.91 Å². The van der Waals surface area contributed by atoms with Gasteiger partial charge in [0, 0.05) is 10.8 Å². The van der Waals surface area contributed by atoms with E-state index in [1.54, 1.807) is 12.1 Å². The zero-order chi connectivity index (χ0) is 18.2. The molecule has 134 valence electrons. The van der Waals surface area contributed by atoms with Crippen molar-refractivity contribution in [2.24, 2.45) is 0 Å². The number of carbonyl (C=O) groups is 1. The van der Waals surface area contributed by atoms with Crippen LogP contribution in [-0.2, 0) is 10.5 Å². The van der Waals surface area contributed by atoms with E-state index in [9.17, 15) is 9.18 Å². The average Bonchev–Trinajstić information content (AvgIpc) is 2.55. The van der Waals surface area contributed by atoms with E-state index in [0.717, 1.165) is 11.3 Å². The van der Waals surface area contributed by atoms with E-state index >= 15 is 0 Å². The highest BCUT2D eigenvalue weighted by Crippen LogP contribution is 2.20. The van der Waals surface area contributed by atoms with Crippen LogP contribution in [0.15, 0.2) is 36.4 Å². The van der Waals surface area contributed by atoms with Gasteiger partial charge in [0.1, 0.15) is 18.2 Å². The van der Waals surface area contributed by atoms with Gasteiger partial charge in [-0.15, -0.1) is 11.8 Å². The van der Waals surface area contributed by atoms with E-state index in [2.05, 4.69) is 11.4 Å². The quantitative estimate of drug-likeness (QED) is 0.683. The zero-order valence-electron chi connectivity index (χ0n) is 14.3. The van der Waals surface area contributed by atoms with Crippen LogP contribution < -0.4 is 10.1 Å². The molecule has 0 aliphatic rings. The summed E-state index contributed by atoms with van der Waals surface area (Å²) in [5, 5.41) is 3.16. The van der Waals surface area contributed by atoms with Crippen molar-refractivity contribution >= 4 is 29.3 Å². The topological polar surface area (TPSA) is 38.3 Å². The fourth-order valence-corrected chi connectivity index (χ4v) is 3.26. The molecule has 2 aromatic carbocycles. The molecule has 0 unspecified atom stereocenters. The first-order valence-corrected chi connectivity index (χ1v) is 9.47. The van der Waals surface area contributed by atoms with Crippen LogP contribution in [0.4, 0.5) is 4.39 Å². The predicted molar refractivity (Wildman–Crippen MR) is 102 cm³/mol. The molecule has 3 nitrogen and oxygen atoms in total. The third-order valence-corrected chi connectivity index (χ3v) is 4.73. The number of ether oxygens (including phenoxy) is 1. The lowest BCUT2D eigenvalue weighted by Gasteiger charge is -2.10. The fraction of sp³-hybridized carbons (Fsp3) is 0.316. The summed E-state index contributed by atoms with van der Waals surface area (Å²) in [6.07, 6.45) is 0. The van der Waals surface area contributed by atoms with E-state index in [0.29, 0.717) is 29.5 Å². The highest BCUT2D eigenvalue weighted by molar-refractivity contribution is 7.99. The minimum atomic E-state index is -0.345. The van der Waals surface area contributed by atoms with Crippen LogP contribution in [0.2, 0.25) is 5.02 Å². The van der Waals surface area contributed by atoms with Crippen LogP contribution >= 0.6 is 23.4 Å². The van der Waals surface area contributed by atoms with E-state index in [4.69, 9.17) is 16.3 Å². The van der Waals surface area contributed by atoms with Crippen molar-refractivity contribution < 1.29 is 13.9 Å². The van der Waals surface area contributed by atoms with Gasteiger partial charge in [-0.25, -0.2) is 4.39 Å². The smallest absolute Gasteiger partial charge is 0.230 e.